The second-order valence-corrected chi connectivity index (χ2v) is 7.72. The van der Waals surface area contributed by atoms with Crippen molar-refractivity contribution < 1.29 is 13.6 Å². The Morgan fingerprint density at radius 3 is 2.45 bits per heavy atom. The normalized spacial score (nSPS) is 19.4. The Bertz CT molecular complexity index is 998. The van der Waals surface area contributed by atoms with Crippen LogP contribution in [0.15, 0.2) is 48.7 Å². The van der Waals surface area contributed by atoms with Crippen LogP contribution in [-0.2, 0) is 0 Å². The maximum atomic E-state index is 12.9. The number of imidazole rings is 1. The number of pyridine rings is 1. The molecule has 1 amide bonds. The smallest absolute Gasteiger partial charge is 0.281 e. The average Bonchev–Trinajstić information content (AvgIpc) is 3.16. The molecule has 0 spiro atoms. The van der Waals surface area contributed by atoms with E-state index in [0.29, 0.717) is 16.2 Å². The first-order chi connectivity index (χ1) is 14.0. The molecule has 0 saturated heterocycles. The number of nitrogens with one attached hydrogen (secondary N) is 2. The van der Waals surface area contributed by atoms with Crippen molar-refractivity contribution >= 4 is 29.0 Å². The van der Waals surface area contributed by atoms with Gasteiger partial charge < -0.3 is 10.6 Å². The molecule has 2 heterocycles. The molecule has 8 heteroatoms. The molecule has 2 aromatic heterocycles. The minimum atomic E-state index is -2.59. The molecule has 0 bridgehead atoms. The predicted molar refractivity (Wildman–Crippen MR) is 109 cm³/mol. The van der Waals surface area contributed by atoms with Crippen LogP contribution in [0, 0.1) is 0 Å². The monoisotopic (exact) mass is 418 g/mol. The number of hydrogen-bond acceptors (Lipinski definition) is 3. The van der Waals surface area contributed by atoms with E-state index in [9.17, 15) is 13.6 Å². The molecule has 2 N–H and O–H groups in total. The number of fused-ring (bicyclic) bond motifs is 1. The number of aromatic nitrogens is 2. The largest absolute Gasteiger partial charge is 0.368 e. The highest BCUT2D eigenvalue weighted by Crippen LogP contribution is 2.25. The summed E-state index contributed by atoms with van der Waals surface area (Å²) in [6.45, 7) is 0. The Labute approximate surface area is 172 Å². The number of carbonyl (C=O) groups excluding carboxylic acids is 1. The fourth-order valence-corrected chi connectivity index (χ4v) is 3.84. The Balaban J connectivity index is 1.35. The van der Waals surface area contributed by atoms with E-state index in [-0.39, 0.29) is 23.7 Å². The highest BCUT2D eigenvalue weighted by atomic mass is 35.5. The van der Waals surface area contributed by atoms with Gasteiger partial charge >= 0.3 is 0 Å². The number of halogens is 3. The first-order valence-corrected chi connectivity index (χ1v) is 9.96. The molecule has 152 valence electrons. The molecule has 0 aliphatic heterocycles. The lowest BCUT2D eigenvalue weighted by Crippen LogP contribution is -2.40. The van der Waals surface area contributed by atoms with Gasteiger partial charge in [-0.1, -0.05) is 17.7 Å². The molecular formula is C21H21ClF2N4O. The Kier molecular flexibility index (Phi) is 5.67. The minimum absolute atomic E-state index is 0.0965. The third-order valence-electron chi connectivity index (χ3n) is 5.26. The van der Waals surface area contributed by atoms with Crippen LogP contribution >= 0.6 is 11.6 Å². The van der Waals surface area contributed by atoms with E-state index in [4.69, 9.17) is 11.6 Å². The number of rotatable bonds is 5. The van der Waals surface area contributed by atoms with Crippen LogP contribution in [0.25, 0.3) is 5.65 Å². The third kappa shape index (κ3) is 4.50. The predicted octanol–water partition coefficient (Wildman–Crippen LogP) is 5.08. The van der Waals surface area contributed by atoms with E-state index in [1.807, 2.05) is 6.07 Å². The highest BCUT2D eigenvalue weighted by Gasteiger charge is 2.23. The summed E-state index contributed by atoms with van der Waals surface area (Å²) in [5, 5.41) is 7.11. The molecule has 5 nitrogen and oxygen atoms in total. The van der Waals surface area contributed by atoms with Crippen molar-refractivity contribution in [3.05, 3.63) is 64.9 Å². The molecular weight excluding hydrogens is 398 g/mol. The lowest BCUT2D eigenvalue weighted by atomic mass is 9.91. The van der Waals surface area contributed by atoms with Crippen LogP contribution in [0.4, 0.5) is 14.6 Å². The maximum Gasteiger partial charge on any atom is 0.281 e. The van der Waals surface area contributed by atoms with Crippen molar-refractivity contribution in [2.24, 2.45) is 0 Å². The summed E-state index contributed by atoms with van der Waals surface area (Å²) < 4.78 is 27.6. The van der Waals surface area contributed by atoms with Gasteiger partial charge in [-0.25, -0.2) is 13.8 Å². The molecule has 0 unspecified atom stereocenters. The Hall–Kier alpha value is -2.67. The van der Waals surface area contributed by atoms with E-state index in [2.05, 4.69) is 15.6 Å². The molecule has 0 radical (unpaired) electrons. The topological polar surface area (TPSA) is 58.4 Å². The standard InChI is InChI=1S/C21H21ClF2N4O/c22-14-6-4-13(5-7-14)21(29)26-16-10-8-15(9-11-16)25-18-2-1-3-19-27-17(20(23)24)12-28(18)19/h1-7,12,15-16,20,25H,8-11H2,(H,26,29)/t15-,16+. The molecule has 1 aliphatic rings. The van der Waals surface area contributed by atoms with Gasteiger partial charge in [0.1, 0.15) is 17.2 Å². The zero-order valence-electron chi connectivity index (χ0n) is 15.6. The number of amides is 1. The van der Waals surface area contributed by atoms with Gasteiger partial charge in [0.25, 0.3) is 12.3 Å². The van der Waals surface area contributed by atoms with Crippen molar-refractivity contribution in [2.75, 3.05) is 5.32 Å². The van der Waals surface area contributed by atoms with Gasteiger partial charge in [0.15, 0.2) is 0 Å². The second kappa shape index (κ2) is 8.37. The lowest BCUT2D eigenvalue weighted by molar-refractivity contribution is 0.0926. The SMILES string of the molecule is O=C(N[C@H]1CC[C@@H](Nc2cccc3nc(C(F)F)cn23)CC1)c1ccc(Cl)cc1. The van der Waals surface area contributed by atoms with Crippen LogP contribution in [0.2, 0.25) is 5.02 Å². The van der Waals surface area contributed by atoms with E-state index < -0.39 is 6.43 Å². The fraction of sp³-hybridized carbons (Fsp3) is 0.333. The van der Waals surface area contributed by atoms with E-state index >= 15 is 0 Å². The highest BCUT2D eigenvalue weighted by molar-refractivity contribution is 6.30. The fourth-order valence-electron chi connectivity index (χ4n) is 3.71. The van der Waals surface area contributed by atoms with E-state index in [0.717, 1.165) is 31.5 Å². The first kappa shape index (κ1) is 19.6. The van der Waals surface area contributed by atoms with Crippen molar-refractivity contribution in [2.45, 2.75) is 44.2 Å². The van der Waals surface area contributed by atoms with Crippen molar-refractivity contribution in [3.63, 3.8) is 0 Å². The third-order valence-corrected chi connectivity index (χ3v) is 5.51. The van der Waals surface area contributed by atoms with Crippen LogP contribution in [-0.4, -0.2) is 27.4 Å². The van der Waals surface area contributed by atoms with Crippen LogP contribution in [0.1, 0.15) is 48.2 Å². The number of carbonyl (C=O) groups is 1. The van der Waals surface area contributed by atoms with Gasteiger partial charge in [0.2, 0.25) is 0 Å². The molecule has 3 aromatic rings. The Morgan fingerprint density at radius 2 is 1.76 bits per heavy atom. The molecule has 1 aromatic carbocycles. The summed E-state index contributed by atoms with van der Waals surface area (Å²) in [4.78, 5) is 16.3. The first-order valence-electron chi connectivity index (χ1n) is 9.59. The van der Waals surface area contributed by atoms with Gasteiger partial charge in [-0.15, -0.1) is 0 Å². The van der Waals surface area contributed by atoms with E-state index in [1.165, 1.54) is 6.20 Å². The van der Waals surface area contributed by atoms with Gasteiger partial charge in [0, 0.05) is 28.9 Å². The van der Waals surface area contributed by atoms with Gasteiger partial charge in [-0.3, -0.25) is 9.20 Å². The van der Waals surface area contributed by atoms with Crippen LogP contribution in [0.3, 0.4) is 0 Å². The summed E-state index contributed by atoms with van der Waals surface area (Å²) in [7, 11) is 0. The Morgan fingerprint density at radius 1 is 1.07 bits per heavy atom. The van der Waals surface area contributed by atoms with Crippen LogP contribution < -0.4 is 10.6 Å². The minimum Gasteiger partial charge on any atom is -0.368 e. The average molecular weight is 419 g/mol. The zero-order valence-corrected chi connectivity index (χ0v) is 16.4. The zero-order chi connectivity index (χ0) is 20.4. The van der Waals surface area contributed by atoms with Gasteiger partial charge in [-0.05, 0) is 62.1 Å². The summed E-state index contributed by atoms with van der Waals surface area (Å²) in [6, 6.07) is 12.5. The van der Waals surface area contributed by atoms with Crippen molar-refractivity contribution in [1.82, 2.24) is 14.7 Å². The quantitative estimate of drug-likeness (QED) is 0.607. The summed E-state index contributed by atoms with van der Waals surface area (Å²) >= 11 is 5.86. The summed E-state index contributed by atoms with van der Waals surface area (Å²) in [5.74, 6) is 0.649. The summed E-state index contributed by atoms with van der Waals surface area (Å²) in [6.07, 6.45) is 2.22. The van der Waals surface area contributed by atoms with Gasteiger partial charge in [0.05, 0.1) is 0 Å². The number of nitrogens with zero attached hydrogens (tertiary/aromatic N) is 2. The number of alkyl halides is 2. The summed E-state index contributed by atoms with van der Waals surface area (Å²) in [5.41, 5.74) is 0.860. The number of anilines is 1. The molecule has 1 aliphatic carbocycles. The van der Waals surface area contributed by atoms with Crippen LogP contribution in [0.5, 0.6) is 0 Å². The molecule has 29 heavy (non-hydrogen) atoms. The van der Waals surface area contributed by atoms with Crippen molar-refractivity contribution in [1.29, 1.82) is 0 Å². The van der Waals surface area contributed by atoms with Crippen molar-refractivity contribution in [3.8, 4) is 0 Å². The maximum absolute atomic E-state index is 12.9. The lowest BCUT2D eigenvalue weighted by Gasteiger charge is -2.30. The van der Waals surface area contributed by atoms with E-state index in [1.54, 1.807) is 40.8 Å². The molecule has 0 atom stereocenters. The molecule has 1 fully saturated rings. The molecule has 4 rings (SSSR count). The second-order valence-electron chi connectivity index (χ2n) is 7.28. The van der Waals surface area contributed by atoms with Gasteiger partial charge in [-0.2, -0.15) is 0 Å². The molecule has 1 saturated carbocycles. The number of benzene rings is 1. The number of hydrogen-bond donors (Lipinski definition) is 2.